The van der Waals surface area contributed by atoms with Gasteiger partial charge in [0.2, 0.25) is 4.80 Å². The van der Waals surface area contributed by atoms with Crippen molar-refractivity contribution in [3.63, 3.8) is 0 Å². The Labute approximate surface area is 178 Å². The van der Waals surface area contributed by atoms with Gasteiger partial charge in [0.25, 0.3) is 0 Å². The first kappa shape index (κ1) is 20.7. The SMILES string of the molecule is CN=c1scc(-c2ccc(-c3ccccc3)cc2)n1N=Cc1ccc(F)cc1.Cl. The summed E-state index contributed by atoms with van der Waals surface area (Å²) in [4.78, 5) is 5.11. The van der Waals surface area contributed by atoms with E-state index in [0.717, 1.165) is 21.6 Å². The van der Waals surface area contributed by atoms with Gasteiger partial charge in [0.1, 0.15) is 5.82 Å². The van der Waals surface area contributed by atoms with Crippen molar-refractivity contribution < 1.29 is 4.39 Å². The summed E-state index contributed by atoms with van der Waals surface area (Å²) in [5.41, 5.74) is 5.20. The molecule has 4 aromatic rings. The summed E-state index contributed by atoms with van der Waals surface area (Å²) in [5.74, 6) is -0.260. The van der Waals surface area contributed by atoms with E-state index >= 15 is 0 Å². The second kappa shape index (κ2) is 9.45. The average Bonchev–Trinajstić information content (AvgIpc) is 3.17. The van der Waals surface area contributed by atoms with Crippen LogP contribution in [0.3, 0.4) is 0 Å². The predicted octanol–water partition coefficient (Wildman–Crippen LogP) is 5.86. The third kappa shape index (κ3) is 4.70. The van der Waals surface area contributed by atoms with Crippen molar-refractivity contribution in [1.82, 2.24) is 4.68 Å². The lowest BCUT2D eigenvalue weighted by atomic mass is 10.0. The number of nitrogens with zero attached hydrogens (tertiary/aromatic N) is 3. The molecule has 3 nitrogen and oxygen atoms in total. The molecule has 1 aromatic heterocycles. The first-order chi connectivity index (χ1) is 13.7. The van der Waals surface area contributed by atoms with E-state index in [2.05, 4.69) is 46.5 Å². The number of thiazole rings is 1. The molecule has 29 heavy (non-hydrogen) atoms. The lowest BCUT2D eigenvalue weighted by molar-refractivity contribution is 0.628. The number of halogens is 2. The molecule has 0 saturated heterocycles. The van der Waals surface area contributed by atoms with Crippen LogP contribution in [0.5, 0.6) is 0 Å². The molecule has 0 aliphatic heterocycles. The zero-order valence-corrected chi connectivity index (χ0v) is 17.3. The lowest BCUT2D eigenvalue weighted by Crippen LogP contribution is -2.11. The van der Waals surface area contributed by atoms with E-state index in [-0.39, 0.29) is 18.2 Å². The molecule has 0 radical (unpaired) electrons. The van der Waals surface area contributed by atoms with Crippen LogP contribution in [-0.2, 0) is 0 Å². The molecule has 1 heterocycles. The summed E-state index contributed by atoms with van der Waals surface area (Å²) in [6.45, 7) is 0. The summed E-state index contributed by atoms with van der Waals surface area (Å²) in [6.07, 6.45) is 1.71. The Morgan fingerprint density at radius 2 is 1.45 bits per heavy atom. The maximum absolute atomic E-state index is 13.1. The summed E-state index contributed by atoms with van der Waals surface area (Å²) in [7, 11) is 1.75. The van der Waals surface area contributed by atoms with E-state index in [4.69, 9.17) is 0 Å². The molecule has 0 aliphatic carbocycles. The van der Waals surface area contributed by atoms with Crippen molar-refractivity contribution in [3.8, 4) is 22.4 Å². The van der Waals surface area contributed by atoms with Gasteiger partial charge < -0.3 is 0 Å². The van der Waals surface area contributed by atoms with E-state index in [0.29, 0.717) is 0 Å². The molecule has 0 bridgehead atoms. The molecule has 0 atom stereocenters. The highest BCUT2D eigenvalue weighted by atomic mass is 35.5. The second-order valence-corrected chi connectivity index (χ2v) is 7.01. The number of rotatable bonds is 4. The van der Waals surface area contributed by atoms with Crippen LogP contribution in [0.25, 0.3) is 22.4 Å². The molecule has 0 spiro atoms. The van der Waals surface area contributed by atoms with Crippen molar-refractivity contribution >= 4 is 30.0 Å². The molecule has 0 saturated carbocycles. The van der Waals surface area contributed by atoms with Gasteiger partial charge in [-0.1, -0.05) is 66.7 Å². The fourth-order valence-corrected chi connectivity index (χ4v) is 3.70. The number of benzene rings is 3. The zero-order chi connectivity index (χ0) is 19.3. The van der Waals surface area contributed by atoms with Gasteiger partial charge in [0.15, 0.2) is 0 Å². The van der Waals surface area contributed by atoms with Crippen LogP contribution < -0.4 is 4.80 Å². The van der Waals surface area contributed by atoms with Crippen LogP contribution in [0.4, 0.5) is 4.39 Å². The van der Waals surface area contributed by atoms with E-state index in [9.17, 15) is 4.39 Å². The molecule has 0 N–H and O–H groups in total. The Bertz CT molecular complexity index is 1160. The third-order valence-electron chi connectivity index (χ3n) is 4.36. The molecule has 4 rings (SSSR count). The van der Waals surface area contributed by atoms with Gasteiger partial charge in [-0.05, 0) is 28.8 Å². The zero-order valence-electron chi connectivity index (χ0n) is 15.7. The molecule has 0 aliphatic rings. The van der Waals surface area contributed by atoms with Crippen LogP contribution in [-0.4, -0.2) is 17.9 Å². The lowest BCUT2D eigenvalue weighted by Gasteiger charge is -2.06. The molecule has 3 aromatic carbocycles. The fraction of sp³-hybridized carbons (Fsp3) is 0.0435. The monoisotopic (exact) mass is 423 g/mol. The van der Waals surface area contributed by atoms with Crippen molar-refractivity contribution in [1.29, 1.82) is 0 Å². The van der Waals surface area contributed by atoms with Crippen LogP contribution in [0.15, 0.2) is 94.3 Å². The summed E-state index contributed by atoms with van der Waals surface area (Å²) < 4.78 is 14.9. The maximum atomic E-state index is 13.1. The second-order valence-electron chi connectivity index (χ2n) is 6.18. The van der Waals surface area contributed by atoms with Crippen LogP contribution in [0.2, 0.25) is 0 Å². The topological polar surface area (TPSA) is 29.6 Å². The average molecular weight is 424 g/mol. The van der Waals surface area contributed by atoms with Gasteiger partial charge in [-0.3, -0.25) is 4.99 Å². The number of hydrogen-bond donors (Lipinski definition) is 0. The highest BCUT2D eigenvalue weighted by Crippen LogP contribution is 2.25. The Hall–Kier alpha value is -3.02. The van der Waals surface area contributed by atoms with E-state index in [1.54, 1.807) is 25.4 Å². The molecular weight excluding hydrogens is 405 g/mol. The Morgan fingerprint density at radius 1 is 0.828 bits per heavy atom. The van der Waals surface area contributed by atoms with E-state index in [1.165, 1.54) is 34.6 Å². The molecule has 0 amide bonds. The highest BCUT2D eigenvalue weighted by Gasteiger charge is 2.07. The molecule has 146 valence electrons. The van der Waals surface area contributed by atoms with Gasteiger partial charge >= 0.3 is 0 Å². The van der Waals surface area contributed by atoms with Gasteiger partial charge in [-0.2, -0.15) is 5.10 Å². The Balaban J connectivity index is 0.00000240. The Morgan fingerprint density at radius 3 is 2.10 bits per heavy atom. The minimum absolute atomic E-state index is 0. The van der Waals surface area contributed by atoms with Crippen molar-refractivity contribution in [2.45, 2.75) is 0 Å². The van der Waals surface area contributed by atoms with Gasteiger partial charge in [0, 0.05) is 18.0 Å². The maximum Gasteiger partial charge on any atom is 0.205 e. The molecule has 0 fully saturated rings. The van der Waals surface area contributed by atoms with E-state index in [1.807, 2.05) is 28.3 Å². The largest absolute Gasteiger partial charge is 0.261 e. The van der Waals surface area contributed by atoms with Crippen LogP contribution >= 0.6 is 23.7 Å². The normalized spacial score (nSPS) is 11.6. The summed E-state index contributed by atoms with van der Waals surface area (Å²) in [6, 6.07) is 24.9. The first-order valence-corrected chi connectivity index (χ1v) is 9.72. The smallest absolute Gasteiger partial charge is 0.205 e. The number of hydrogen-bond acceptors (Lipinski definition) is 3. The fourth-order valence-electron chi connectivity index (χ4n) is 2.90. The quantitative estimate of drug-likeness (QED) is 0.368. The summed E-state index contributed by atoms with van der Waals surface area (Å²) in [5, 5.41) is 6.62. The minimum atomic E-state index is -0.260. The Kier molecular flexibility index (Phi) is 6.75. The minimum Gasteiger partial charge on any atom is -0.261 e. The summed E-state index contributed by atoms with van der Waals surface area (Å²) >= 11 is 1.53. The third-order valence-corrected chi connectivity index (χ3v) is 5.26. The van der Waals surface area contributed by atoms with Crippen LogP contribution in [0.1, 0.15) is 5.56 Å². The highest BCUT2D eigenvalue weighted by molar-refractivity contribution is 7.07. The molecule has 0 unspecified atom stereocenters. The predicted molar refractivity (Wildman–Crippen MR) is 121 cm³/mol. The van der Waals surface area contributed by atoms with Crippen molar-refractivity contribution in [3.05, 3.63) is 100 Å². The van der Waals surface area contributed by atoms with Gasteiger partial charge in [-0.25, -0.2) is 9.07 Å². The van der Waals surface area contributed by atoms with Crippen molar-refractivity contribution in [2.24, 2.45) is 10.1 Å². The van der Waals surface area contributed by atoms with Crippen molar-refractivity contribution in [2.75, 3.05) is 7.05 Å². The van der Waals surface area contributed by atoms with Gasteiger partial charge in [-0.15, -0.1) is 23.7 Å². The van der Waals surface area contributed by atoms with Gasteiger partial charge in [0.05, 0.1) is 11.9 Å². The molecular formula is C23H19ClFN3S. The van der Waals surface area contributed by atoms with Crippen LogP contribution in [0, 0.1) is 5.82 Å². The standard InChI is InChI=1S/C23H18FN3S.ClH/c1-25-23-27(26-15-17-7-13-21(24)14-8-17)22(16-28-23)20-11-9-19(10-12-20)18-5-3-2-4-6-18;/h2-16H,1H3;1H. The molecule has 6 heteroatoms. The first-order valence-electron chi connectivity index (χ1n) is 8.84. The van der Waals surface area contributed by atoms with E-state index < -0.39 is 0 Å². The number of aromatic nitrogens is 1.